The molecule has 2 rings (SSSR count). The van der Waals surface area contributed by atoms with Gasteiger partial charge in [-0.3, -0.25) is 4.90 Å². The molecular formula is C9H12FN3O4S. The molecule has 0 aliphatic carbocycles. The van der Waals surface area contributed by atoms with Crippen molar-refractivity contribution >= 4 is 29.6 Å². The number of nitrogens with zero attached hydrogens (tertiary/aromatic N) is 2. The standard InChI is InChI=1S/C9H12FN3O4S/c1-9(10)3-13(8(16)12-7(9)11)4-2-18-6(17-4)5(14)15/h4,6H,2-3H2,1H3,(H,14,15)(H2,11,12,16)/t4-,6+,9?/m0/s1. The van der Waals surface area contributed by atoms with Gasteiger partial charge in [0.2, 0.25) is 5.44 Å². The number of aliphatic imine (C=N–C) groups is 1. The Hall–Kier alpha value is -1.35. The Balaban J connectivity index is 2.12. The lowest BCUT2D eigenvalue weighted by molar-refractivity contribution is -0.149. The number of ether oxygens (including phenoxy) is 1. The van der Waals surface area contributed by atoms with Gasteiger partial charge in [-0.15, -0.1) is 11.8 Å². The zero-order valence-corrected chi connectivity index (χ0v) is 10.3. The molecule has 0 aromatic heterocycles. The van der Waals surface area contributed by atoms with Crippen LogP contribution in [0.2, 0.25) is 0 Å². The van der Waals surface area contributed by atoms with Crippen LogP contribution in [0.1, 0.15) is 6.92 Å². The number of aliphatic carboxylic acids is 1. The van der Waals surface area contributed by atoms with Crippen LogP contribution in [0.5, 0.6) is 0 Å². The fourth-order valence-electron chi connectivity index (χ4n) is 1.66. The molecule has 7 nitrogen and oxygen atoms in total. The summed E-state index contributed by atoms with van der Waals surface area (Å²) in [6.07, 6.45) is -0.796. The molecule has 2 amide bonds. The zero-order valence-electron chi connectivity index (χ0n) is 9.50. The highest BCUT2D eigenvalue weighted by molar-refractivity contribution is 8.00. The molecule has 0 radical (unpaired) electrons. The van der Waals surface area contributed by atoms with Crippen molar-refractivity contribution < 1.29 is 23.8 Å². The van der Waals surface area contributed by atoms with E-state index >= 15 is 0 Å². The molecular weight excluding hydrogens is 265 g/mol. The predicted octanol–water partition coefficient (Wildman–Crippen LogP) is 0.00760. The van der Waals surface area contributed by atoms with E-state index in [1.54, 1.807) is 0 Å². The van der Waals surface area contributed by atoms with E-state index in [0.29, 0.717) is 0 Å². The Morgan fingerprint density at radius 2 is 2.44 bits per heavy atom. The van der Waals surface area contributed by atoms with E-state index in [9.17, 15) is 14.0 Å². The van der Waals surface area contributed by atoms with E-state index in [0.717, 1.165) is 16.7 Å². The first-order valence-corrected chi connectivity index (χ1v) is 6.20. The molecule has 2 heterocycles. The molecule has 1 saturated heterocycles. The van der Waals surface area contributed by atoms with Crippen molar-refractivity contribution in [2.45, 2.75) is 24.3 Å². The summed E-state index contributed by atoms with van der Waals surface area (Å²) in [7, 11) is 0. The van der Waals surface area contributed by atoms with Gasteiger partial charge in [0, 0.05) is 5.75 Å². The molecule has 100 valence electrons. The number of hydrogen-bond donors (Lipinski definition) is 2. The number of amides is 2. The second-order valence-corrected chi connectivity index (χ2v) is 5.29. The molecule has 2 aliphatic heterocycles. The third kappa shape index (κ3) is 2.27. The third-order valence-corrected chi connectivity index (χ3v) is 3.78. The van der Waals surface area contributed by atoms with E-state index in [1.807, 2.05) is 0 Å². The number of carboxylic acid groups (broad SMARTS) is 1. The van der Waals surface area contributed by atoms with Crippen LogP contribution in [0.3, 0.4) is 0 Å². The molecule has 0 aromatic rings. The fraction of sp³-hybridized carbons (Fsp3) is 0.667. The number of rotatable bonds is 2. The maximum atomic E-state index is 14.0. The molecule has 3 N–H and O–H groups in total. The predicted molar refractivity (Wildman–Crippen MR) is 62.0 cm³/mol. The minimum absolute atomic E-state index is 0.258. The van der Waals surface area contributed by atoms with Gasteiger partial charge in [-0.25, -0.2) is 14.0 Å². The van der Waals surface area contributed by atoms with Gasteiger partial charge in [0.25, 0.3) is 0 Å². The summed E-state index contributed by atoms with van der Waals surface area (Å²) in [5.41, 5.74) is 2.35. The van der Waals surface area contributed by atoms with Crippen molar-refractivity contribution in [1.29, 1.82) is 0 Å². The van der Waals surface area contributed by atoms with Crippen molar-refractivity contribution in [3.05, 3.63) is 0 Å². The summed E-state index contributed by atoms with van der Waals surface area (Å²) < 4.78 is 19.1. The lowest BCUT2D eigenvalue weighted by Crippen LogP contribution is -2.56. The van der Waals surface area contributed by atoms with Gasteiger partial charge in [-0.1, -0.05) is 0 Å². The van der Waals surface area contributed by atoms with Gasteiger partial charge in [-0.05, 0) is 6.92 Å². The number of carbonyl (C=O) groups is 2. The third-order valence-electron chi connectivity index (χ3n) is 2.68. The van der Waals surface area contributed by atoms with E-state index in [4.69, 9.17) is 15.6 Å². The van der Waals surface area contributed by atoms with Crippen LogP contribution in [-0.4, -0.2) is 57.5 Å². The van der Waals surface area contributed by atoms with Crippen molar-refractivity contribution in [3.8, 4) is 0 Å². The Kier molecular flexibility index (Phi) is 3.20. The van der Waals surface area contributed by atoms with E-state index < -0.39 is 29.3 Å². The zero-order chi connectivity index (χ0) is 13.5. The maximum Gasteiger partial charge on any atom is 0.347 e. The summed E-state index contributed by atoms with van der Waals surface area (Å²) in [4.78, 5) is 26.8. The van der Waals surface area contributed by atoms with Gasteiger partial charge in [0.05, 0.1) is 6.54 Å². The van der Waals surface area contributed by atoms with Crippen molar-refractivity contribution in [3.63, 3.8) is 0 Å². The van der Waals surface area contributed by atoms with Crippen LogP contribution in [0.25, 0.3) is 0 Å². The Morgan fingerprint density at radius 3 is 3.00 bits per heavy atom. The Labute approximate surface area is 106 Å². The van der Waals surface area contributed by atoms with Crippen molar-refractivity contribution in [2.24, 2.45) is 10.7 Å². The number of urea groups is 1. The van der Waals surface area contributed by atoms with Gasteiger partial charge in [0.15, 0.2) is 5.67 Å². The minimum atomic E-state index is -1.93. The van der Waals surface area contributed by atoms with E-state index in [-0.39, 0.29) is 18.1 Å². The summed E-state index contributed by atoms with van der Waals surface area (Å²) >= 11 is 1.04. The Morgan fingerprint density at radius 1 is 1.78 bits per heavy atom. The monoisotopic (exact) mass is 277 g/mol. The van der Waals surface area contributed by atoms with Crippen molar-refractivity contribution in [2.75, 3.05) is 12.3 Å². The first-order chi connectivity index (χ1) is 8.31. The number of thioether (sulfide) groups is 1. The highest BCUT2D eigenvalue weighted by Crippen LogP contribution is 2.30. The molecule has 2 aliphatic rings. The van der Waals surface area contributed by atoms with Crippen molar-refractivity contribution in [1.82, 2.24) is 4.90 Å². The molecule has 0 bridgehead atoms. The second-order valence-electron chi connectivity index (χ2n) is 4.20. The van der Waals surface area contributed by atoms with E-state index in [2.05, 4.69) is 4.99 Å². The SMILES string of the molecule is CC1(F)CN([C@@H]2CS[C@H](C(=O)O)O2)C(=O)N=C1N. The largest absolute Gasteiger partial charge is 0.479 e. The highest BCUT2D eigenvalue weighted by Gasteiger charge is 2.44. The molecule has 0 aromatic carbocycles. The minimum Gasteiger partial charge on any atom is -0.479 e. The first-order valence-electron chi connectivity index (χ1n) is 5.15. The van der Waals surface area contributed by atoms with Gasteiger partial charge >= 0.3 is 12.0 Å². The van der Waals surface area contributed by atoms with Crippen LogP contribution in [0.4, 0.5) is 9.18 Å². The lowest BCUT2D eigenvalue weighted by atomic mass is 10.1. The number of carboxylic acids is 1. The summed E-state index contributed by atoms with van der Waals surface area (Å²) in [6.45, 7) is 0.917. The van der Waals surface area contributed by atoms with Crippen LogP contribution in [0.15, 0.2) is 4.99 Å². The summed E-state index contributed by atoms with van der Waals surface area (Å²) in [6, 6.07) is -0.709. The molecule has 9 heteroatoms. The maximum absolute atomic E-state index is 14.0. The van der Waals surface area contributed by atoms with Crippen LogP contribution >= 0.6 is 11.8 Å². The molecule has 3 atom stereocenters. The number of nitrogens with two attached hydrogens (primary N) is 1. The number of halogens is 1. The highest BCUT2D eigenvalue weighted by atomic mass is 32.2. The lowest BCUT2D eigenvalue weighted by Gasteiger charge is -2.35. The van der Waals surface area contributed by atoms with Gasteiger partial charge in [0.1, 0.15) is 12.1 Å². The number of alkyl halides is 1. The Bertz CT molecular complexity index is 428. The molecule has 0 saturated carbocycles. The topological polar surface area (TPSA) is 105 Å². The molecule has 1 fully saturated rings. The van der Waals surface area contributed by atoms with E-state index in [1.165, 1.54) is 6.92 Å². The number of carbonyl (C=O) groups excluding carboxylic acids is 1. The van der Waals surface area contributed by atoms with Gasteiger partial charge in [-0.2, -0.15) is 4.99 Å². The first kappa shape index (κ1) is 13.1. The van der Waals surface area contributed by atoms with Crippen LogP contribution < -0.4 is 5.73 Å². The summed E-state index contributed by atoms with van der Waals surface area (Å²) in [5, 5.41) is 8.77. The number of hydrogen-bond acceptors (Lipinski definition) is 5. The smallest absolute Gasteiger partial charge is 0.347 e. The van der Waals surface area contributed by atoms with Crippen LogP contribution in [-0.2, 0) is 9.53 Å². The average molecular weight is 277 g/mol. The fourth-order valence-corrected chi connectivity index (χ4v) is 2.61. The molecule has 1 unspecified atom stereocenters. The summed E-state index contributed by atoms with van der Waals surface area (Å²) in [5.74, 6) is -1.24. The average Bonchev–Trinajstić information content (AvgIpc) is 2.73. The quantitative estimate of drug-likeness (QED) is 0.736. The molecule has 18 heavy (non-hydrogen) atoms. The number of amidine groups is 1. The normalized spacial score (nSPS) is 36.7. The van der Waals surface area contributed by atoms with Gasteiger partial charge < -0.3 is 15.6 Å². The second kappa shape index (κ2) is 4.39. The van der Waals surface area contributed by atoms with Crippen LogP contribution in [0, 0.1) is 0 Å². The molecule has 0 spiro atoms.